The third kappa shape index (κ3) is 3.55. The van der Waals surface area contributed by atoms with Gasteiger partial charge in [-0.1, -0.05) is 18.5 Å². The summed E-state index contributed by atoms with van der Waals surface area (Å²) in [6, 6.07) is 7.83. The number of fused-ring (bicyclic) bond motifs is 1. The van der Waals surface area contributed by atoms with Gasteiger partial charge in [-0.15, -0.1) is 0 Å². The van der Waals surface area contributed by atoms with Crippen LogP contribution >= 0.6 is 11.6 Å². The fraction of sp³-hybridized carbons (Fsp3) is 0.158. The fourth-order valence-corrected chi connectivity index (χ4v) is 2.74. The SMILES string of the molecule is CCc1cc2c(COC(=O)c3ccc(Cl)cc3F)cc(=O)oc2cc1O. The largest absolute Gasteiger partial charge is 0.508 e. The molecule has 0 spiro atoms. The van der Waals surface area contributed by atoms with Crippen molar-refractivity contribution in [2.45, 2.75) is 20.0 Å². The van der Waals surface area contributed by atoms with Gasteiger partial charge in [0.25, 0.3) is 0 Å². The van der Waals surface area contributed by atoms with Crippen LogP contribution in [0.5, 0.6) is 5.75 Å². The Labute approximate surface area is 152 Å². The van der Waals surface area contributed by atoms with Gasteiger partial charge >= 0.3 is 11.6 Å². The van der Waals surface area contributed by atoms with Gasteiger partial charge in [-0.05, 0) is 36.2 Å². The molecule has 1 aromatic heterocycles. The van der Waals surface area contributed by atoms with Crippen LogP contribution in [0.15, 0.2) is 45.6 Å². The van der Waals surface area contributed by atoms with Crippen molar-refractivity contribution in [3.8, 4) is 5.75 Å². The number of halogens is 2. The Balaban J connectivity index is 1.93. The molecular weight excluding hydrogens is 363 g/mol. The molecule has 0 unspecified atom stereocenters. The molecule has 3 aromatic rings. The van der Waals surface area contributed by atoms with Gasteiger partial charge in [0, 0.05) is 28.1 Å². The first kappa shape index (κ1) is 17.9. The Morgan fingerprint density at radius 2 is 2.00 bits per heavy atom. The van der Waals surface area contributed by atoms with E-state index in [2.05, 4.69) is 0 Å². The molecule has 0 radical (unpaired) electrons. The van der Waals surface area contributed by atoms with Crippen molar-refractivity contribution < 1.29 is 23.4 Å². The lowest BCUT2D eigenvalue weighted by molar-refractivity contribution is 0.0468. The number of phenols is 1. The predicted octanol–water partition coefficient (Wildman–Crippen LogP) is 4.21. The summed E-state index contributed by atoms with van der Waals surface area (Å²) in [5, 5.41) is 10.6. The quantitative estimate of drug-likeness (QED) is 0.545. The topological polar surface area (TPSA) is 76.7 Å². The second kappa shape index (κ2) is 7.17. The van der Waals surface area contributed by atoms with Gasteiger partial charge in [0.15, 0.2) is 0 Å². The molecule has 0 aliphatic rings. The van der Waals surface area contributed by atoms with Crippen LogP contribution in [0.4, 0.5) is 4.39 Å². The molecular formula is C19H14ClFO5. The molecule has 1 N–H and O–H groups in total. The second-order valence-electron chi connectivity index (χ2n) is 5.62. The van der Waals surface area contributed by atoms with Crippen molar-refractivity contribution in [1.29, 1.82) is 0 Å². The van der Waals surface area contributed by atoms with E-state index in [1.807, 2.05) is 6.92 Å². The molecule has 0 saturated carbocycles. The van der Waals surface area contributed by atoms with E-state index in [4.69, 9.17) is 20.8 Å². The van der Waals surface area contributed by atoms with Crippen LogP contribution < -0.4 is 5.63 Å². The number of hydrogen-bond donors (Lipinski definition) is 1. The minimum atomic E-state index is -0.880. The monoisotopic (exact) mass is 376 g/mol. The van der Waals surface area contributed by atoms with E-state index in [0.29, 0.717) is 22.9 Å². The first-order valence-electron chi connectivity index (χ1n) is 7.80. The first-order valence-corrected chi connectivity index (χ1v) is 8.17. The van der Waals surface area contributed by atoms with Gasteiger partial charge in [-0.2, -0.15) is 0 Å². The number of carbonyl (C=O) groups is 1. The van der Waals surface area contributed by atoms with Gasteiger partial charge in [-0.3, -0.25) is 0 Å². The van der Waals surface area contributed by atoms with Gasteiger partial charge in [0.1, 0.15) is 23.8 Å². The number of phenolic OH excluding ortho intramolecular Hbond substituents is 1. The maximum absolute atomic E-state index is 13.8. The summed E-state index contributed by atoms with van der Waals surface area (Å²) in [5.74, 6) is -1.66. The van der Waals surface area contributed by atoms with Crippen LogP contribution in [-0.4, -0.2) is 11.1 Å². The zero-order valence-corrected chi connectivity index (χ0v) is 14.5. The third-order valence-corrected chi connectivity index (χ3v) is 4.16. The van der Waals surface area contributed by atoms with Crippen LogP contribution in [-0.2, 0) is 17.8 Å². The Kier molecular flexibility index (Phi) is 4.95. The minimum absolute atomic E-state index is 0.0144. The number of esters is 1. The van der Waals surface area contributed by atoms with Crippen LogP contribution in [0.3, 0.4) is 0 Å². The van der Waals surface area contributed by atoms with Gasteiger partial charge in [0.05, 0.1) is 5.56 Å². The van der Waals surface area contributed by atoms with Crippen molar-refractivity contribution >= 4 is 28.5 Å². The summed E-state index contributed by atoms with van der Waals surface area (Å²) in [5.41, 5.74) is 0.325. The number of hydrogen-bond acceptors (Lipinski definition) is 5. The van der Waals surface area contributed by atoms with Crippen molar-refractivity contribution in [2.75, 3.05) is 0 Å². The molecule has 0 saturated heterocycles. The summed E-state index contributed by atoms with van der Waals surface area (Å²) < 4.78 is 24.0. The van der Waals surface area contributed by atoms with Crippen molar-refractivity contribution in [1.82, 2.24) is 0 Å². The average Bonchev–Trinajstić information content (AvgIpc) is 2.58. The molecule has 0 aliphatic carbocycles. The number of aromatic hydroxyl groups is 1. The molecule has 7 heteroatoms. The lowest BCUT2D eigenvalue weighted by atomic mass is 10.0. The third-order valence-electron chi connectivity index (χ3n) is 3.92. The van der Waals surface area contributed by atoms with E-state index in [1.165, 1.54) is 24.3 Å². The van der Waals surface area contributed by atoms with E-state index >= 15 is 0 Å². The number of rotatable bonds is 4. The Hall–Kier alpha value is -2.86. The van der Waals surface area contributed by atoms with Gasteiger partial charge < -0.3 is 14.3 Å². The molecule has 0 aliphatic heterocycles. The van der Waals surface area contributed by atoms with E-state index in [9.17, 15) is 19.1 Å². The molecule has 0 atom stereocenters. The van der Waals surface area contributed by atoms with Crippen LogP contribution in [0.1, 0.15) is 28.4 Å². The number of ether oxygens (including phenoxy) is 1. The van der Waals surface area contributed by atoms with E-state index < -0.39 is 17.4 Å². The Morgan fingerprint density at radius 3 is 2.69 bits per heavy atom. The number of carbonyl (C=O) groups excluding carboxylic acids is 1. The minimum Gasteiger partial charge on any atom is -0.508 e. The molecule has 0 amide bonds. The first-order chi connectivity index (χ1) is 12.4. The lowest BCUT2D eigenvalue weighted by Crippen LogP contribution is -2.09. The summed E-state index contributed by atoms with van der Waals surface area (Å²) in [7, 11) is 0. The van der Waals surface area contributed by atoms with Crippen molar-refractivity contribution in [3.05, 3.63) is 74.3 Å². The standard InChI is InChI=1S/C19H14ClFO5/c1-2-10-5-14-11(6-18(23)26-17(14)8-16(10)22)9-25-19(24)13-4-3-12(20)7-15(13)21/h3-8,22H,2,9H2,1H3. The van der Waals surface area contributed by atoms with Crippen molar-refractivity contribution in [2.24, 2.45) is 0 Å². The highest BCUT2D eigenvalue weighted by molar-refractivity contribution is 6.30. The zero-order valence-electron chi connectivity index (χ0n) is 13.7. The summed E-state index contributed by atoms with van der Waals surface area (Å²) >= 11 is 5.66. The molecule has 134 valence electrons. The number of benzene rings is 2. The van der Waals surface area contributed by atoms with Gasteiger partial charge in [0.2, 0.25) is 0 Å². The highest BCUT2D eigenvalue weighted by atomic mass is 35.5. The zero-order chi connectivity index (χ0) is 18.8. The van der Waals surface area contributed by atoms with Crippen LogP contribution in [0, 0.1) is 5.82 Å². The summed E-state index contributed by atoms with van der Waals surface area (Å²) in [6.07, 6.45) is 0.566. The van der Waals surface area contributed by atoms with Crippen LogP contribution in [0.2, 0.25) is 5.02 Å². The van der Waals surface area contributed by atoms with E-state index in [-0.39, 0.29) is 28.5 Å². The van der Waals surface area contributed by atoms with Crippen molar-refractivity contribution in [3.63, 3.8) is 0 Å². The smallest absolute Gasteiger partial charge is 0.341 e. The molecule has 2 aromatic carbocycles. The number of aryl methyl sites for hydroxylation is 1. The predicted molar refractivity (Wildman–Crippen MR) is 94.1 cm³/mol. The summed E-state index contributed by atoms with van der Waals surface area (Å²) in [6.45, 7) is 1.61. The molecule has 3 rings (SSSR count). The Bertz CT molecular complexity index is 1060. The maximum atomic E-state index is 13.8. The molecule has 5 nitrogen and oxygen atoms in total. The average molecular weight is 377 g/mol. The maximum Gasteiger partial charge on any atom is 0.341 e. The highest BCUT2D eigenvalue weighted by Crippen LogP contribution is 2.27. The Morgan fingerprint density at radius 1 is 1.23 bits per heavy atom. The molecule has 1 heterocycles. The van der Waals surface area contributed by atoms with Gasteiger partial charge in [-0.25, -0.2) is 14.0 Å². The molecule has 0 bridgehead atoms. The van der Waals surface area contributed by atoms with E-state index in [1.54, 1.807) is 6.07 Å². The fourth-order valence-electron chi connectivity index (χ4n) is 2.59. The molecule has 0 fully saturated rings. The van der Waals surface area contributed by atoms with E-state index in [0.717, 1.165) is 6.07 Å². The highest BCUT2D eigenvalue weighted by Gasteiger charge is 2.16. The summed E-state index contributed by atoms with van der Waals surface area (Å²) in [4.78, 5) is 23.8. The van der Waals surface area contributed by atoms with Crippen LogP contribution in [0.25, 0.3) is 11.0 Å². The second-order valence-corrected chi connectivity index (χ2v) is 6.06. The lowest BCUT2D eigenvalue weighted by Gasteiger charge is -2.10. The normalized spacial score (nSPS) is 10.9. The molecule has 26 heavy (non-hydrogen) atoms.